The molecule has 2 rings (SSSR count). The van der Waals surface area contributed by atoms with Crippen molar-refractivity contribution in [1.29, 1.82) is 0 Å². The van der Waals surface area contributed by atoms with Gasteiger partial charge in [-0.2, -0.15) is 4.98 Å². The highest BCUT2D eigenvalue weighted by molar-refractivity contribution is 5.38. The van der Waals surface area contributed by atoms with Crippen LogP contribution in [0.25, 0.3) is 0 Å². The first-order chi connectivity index (χ1) is 8.47. The fraction of sp³-hybridized carbons (Fsp3) is 0.200. The van der Waals surface area contributed by atoms with Crippen LogP contribution in [-0.2, 0) is 0 Å². The number of para-hydroxylation sites is 1. The van der Waals surface area contributed by atoms with E-state index in [2.05, 4.69) is 19.4 Å². The molecule has 96 valence electrons. The summed E-state index contributed by atoms with van der Waals surface area (Å²) in [5.74, 6) is -0.310. The van der Waals surface area contributed by atoms with Crippen LogP contribution in [0.4, 0.5) is 13.2 Å². The van der Waals surface area contributed by atoms with Crippen LogP contribution in [0.1, 0.15) is 17.4 Å². The second kappa shape index (κ2) is 4.65. The van der Waals surface area contributed by atoms with Crippen LogP contribution < -0.4 is 10.5 Å². The molecule has 1 aromatic heterocycles. The van der Waals surface area contributed by atoms with Gasteiger partial charge in [-0.25, -0.2) is 0 Å². The lowest BCUT2D eigenvalue weighted by Crippen LogP contribution is -2.21. The maximum atomic E-state index is 12.2. The number of hydrogen-bond acceptors (Lipinski definition) is 5. The van der Waals surface area contributed by atoms with E-state index >= 15 is 0 Å². The highest BCUT2D eigenvalue weighted by Crippen LogP contribution is 2.30. The van der Waals surface area contributed by atoms with Gasteiger partial charge in [-0.05, 0) is 6.07 Å². The largest absolute Gasteiger partial charge is 0.573 e. The molecule has 0 bridgehead atoms. The van der Waals surface area contributed by atoms with E-state index in [1.807, 2.05) is 0 Å². The predicted molar refractivity (Wildman–Crippen MR) is 53.5 cm³/mol. The van der Waals surface area contributed by atoms with E-state index in [4.69, 9.17) is 5.73 Å². The molecule has 0 fully saturated rings. The number of nitrogens with two attached hydrogens (primary N) is 1. The minimum atomic E-state index is -4.78. The Kier molecular flexibility index (Phi) is 3.19. The molecule has 0 amide bonds. The normalized spacial score (nSPS) is 13.3. The molecule has 0 saturated carbocycles. The Morgan fingerprint density at radius 1 is 1.28 bits per heavy atom. The number of halogens is 3. The van der Waals surface area contributed by atoms with Crippen molar-refractivity contribution >= 4 is 0 Å². The van der Waals surface area contributed by atoms with Crippen molar-refractivity contribution in [2.45, 2.75) is 12.4 Å². The first-order valence-electron chi connectivity index (χ1n) is 4.84. The van der Waals surface area contributed by atoms with Gasteiger partial charge in [0.1, 0.15) is 5.75 Å². The standard InChI is InChI=1S/C10H8F3N3O2/c11-10(12,13)18-7-4-2-1-3-6(7)8(14)9-15-5-17-16-9/h1-5,8H,14H2. The van der Waals surface area contributed by atoms with Gasteiger partial charge in [-0.1, -0.05) is 23.4 Å². The summed E-state index contributed by atoms with van der Waals surface area (Å²) in [5.41, 5.74) is 5.87. The molecule has 0 radical (unpaired) electrons. The Hall–Kier alpha value is -2.09. The van der Waals surface area contributed by atoms with Gasteiger partial charge in [0.05, 0.1) is 6.04 Å². The van der Waals surface area contributed by atoms with E-state index in [-0.39, 0.29) is 17.1 Å². The van der Waals surface area contributed by atoms with E-state index in [0.717, 1.165) is 6.39 Å². The monoisotopic (exact) mass is 259 g/mol. The lowest BCUT2D eigenvalue weighted by Gasteiger charge is -2.15. The zero-order valence-electron chi connectivity index (χ0n) is 8.89. The number of hydrogen-bond donors (Lipinski definition) is 1. The van der Waals surface area contributed by atoms with Crippen LogP contribution >= 0.6 is 0 Å². The third-order valence-corrected chi connectivity index (χ3v) is 2.14. The first kappa shape index (κ1) is 12.4. The van der Waals surface area contributed by atoms with Crippen LogP contribution in [0.15, 0.2) is 35.2 Å². The highest BCUT2D eigenvalue weighted by Gasteiger charge is 2.33. The van der Waals surface area contributed by atoms with Gasteiger partial charge in [-0.3, -0.25) is 0 Å². The van der Waals surface area contributed by atoms with Crippen LogP contribution in [0.3, 0.4) is 0 Å². The summed E-state index contributed by atoms with van der Waals surface area (Å²) >= 11 is 0. The van der Waals surface area contributed by atoms with E-state index in [1.54, 1.807) is 6.07 Å². The fourth-order valence-electron chi connectivity index (χ4n) is 1.41. The molecule has 5 nitrogen and oxygen atoms in total. The van der Waals surface area contributed by atoms with E-state index < -0.39 is 12.4 Å². The molecule has 0 aliphatic heterocycles. The maximum Gasteiger partial charge on any atom is 0.573 e. The second-order valence-corrected chi connectivity index (χ2v) is 3.35. The molecule has 0 aliphatic carbocycles. The van der Waals surface area contributed by atoms with Gasteiger partial charge in [0.2, 0.25) is 6.39 Å². The molecular weight excluding hydrogens is 251 g/mol. The molecule has 1 unspecified atom stereocenters. The SMILES string of the molecule is NC(c1ncon1)c1ccccc1OC(F)(F)F. The zero-order valence-corrected chi connectivity index (χ0v) is 8.89. The summed E-state index contributed by atoms with van der Waals surface area (Å²) in [6.45, 7) is 0. The van der Waals surface area contributed by atoms with Gasteiger partial charge in [0.15, 0.2) is 5.82 Å². The number of rotatable bonds is 3. The Labute approximate surface area is 99.4 Å². The molecule has 1 heterocycles. The van der Waals surface area contributed by atoms with Gasteiger partial charge in [0, 0.05) is 5.56 Å². The molecule has 0 saturated heterocycles. The molecule has 0 spiro atoms. The molecule has 0 aliphatic rings. The molecular formula is C10H8F3N3O2. The van der Waals surface area contributed by atoms with Crippen molar-refractivity contribution < 1.29 is 22.4 Å². The van der Waals surface area contributed by atoms with Crippen molar-refractivity contribution in [1.82, 2.24) is 10.1 Å². The van der Waals surface area contributed by atoms with E-state index in [0.29, 0.717) is 0 Å². The minimum Gasteiger partial charge on any atom is -0.405 e. The fourth-order valence-corrected chi connectivity index (χ4v) is 1.41. The summed E-state index contributed by atoms with van der Waals surface area (Å²) < 4.78 is 45.0. The molecule has 1 atom stereocenters. The van der Waals surface area contributed by atoms with Crippen molar-refractivity contribution in [3.05, 3.63) is 42.0 Å². The van der Waals surface area contributed by atoms with Gasteiger partial charge >= 0.3 is 6.36 Å². The summed E-state index contributed by atoms with van der Waals surface area (Å²) in [6.07, 6.45) is -3.74. The van der Waals surface area contributed by atoms with Gasteiger partial charge in [0.25, 0.3) is 0 Å². The quantitative estimate of drug-likeness (QED) is 0.912. The summed E-state index contributed by atoms with van der Waals surface area (Å²) in [6, 6.07) is 4.57. The van der Waals surface area contributed by atoms with Crippen molar-refractivity contribution in [2.24, 2.45) is 5.73 Å². The third kappa shape index (κ3) is 2.77. The number of ether oxygens (including phenoxy) is 1. The van der Waals surface area contributed by atoms with Crippen LogP contribution in [0, 0.1) is 0 Å². The van der Waals surface area contributed by atoms with E-state index in [9.17, 15) is 13.2 Å². The average Bonchev–Trinajstić information content (AvgIpc) is 2.80. The highest BCUT2D eigenvalue weighted by atomic mass is 19.4. The number of alkyl halides is 3. The third-order valence-electron chi connectivity index (χ3n) is 2.14. The van der Waals surface area contributed by atoms with Crippen molar-refractivity contribution in [2.75, 3.05) is 0 Å². The Morgan fingerprint density at radius 3 is 2.61 bits per heavy atom. The van der Waals surface area contributed by atoms with Crippen molar-refractivity contribution in [3.63, 3.8) is 0 Å². The molecule has 8 heteroatoms. The number of benzene rings is 1. The lowest BCUT2D eigenvalue weighted by atomic mass is 10.1. The number of aromatic nitrogens is 2. The van der Waals surface area contributed by atoms with Crippen LogP contribution in [-0.4, -0.2) is 16.5 Å². The Morgan fingerprint density at radius 2 is 2.00 bits per heavy atom. The molecule has 1 aromatic carbocycles. The lowest BCUT2D eigenvalue weighted by molar-refractivity contribution is -0.274. The zero-order chi connectivity index (χ0) is 13.2. The second-order valence-electron chi connectivity index (χ2n) is 3.35. The predicted octanol–water partition coefficient (Wildman–Crippen LogP) is 2.02. The summed E-state index contributed by atoms with van der Waals surface area (Å²) in [7, 11) is 0. The molecule has 18 heavy (non-hydrogen) atoms. The van der Waals surface area contributed by atoms with Gasteiger partial charge in [-0.15, -0.1) is 13.2 Å². The molecule has 2 N–H and O–H groups in total. The minimum absolute atomic E-state index is 0.0771. The topological polar surface area (TPSA) is 74.2 Å². The van der Waals surface area contributed by atoms with Crippen LogP contribution in [0.2, 0.25) is 0 Å². The average molecular weight is 259 g/mol. The Bertz CT molecular complexity index is 513. The first-order valence-corrected chi connectivity index (χ1v) is 4.84. The van der Waals surface area contributed by atoms with E-state index in [1.165, 1.54) is 18.2 Å². The molecule has 2 aromatic rings. The van der Waals surface area contributed by atoms with Gasteiger partial charge < -0.3 is 15.0 Å². The Balaban J connectivity index is 2.33. The van der Waals surface area contributed by atoms with Crippen molar-refractivity contribution in [3.8, 4) is 5.75 Å². The summed E-state index contributed by atoms with van der Waals surface area (Å²) in [4.78, 5) is 3.69. The summed E-state index contributed by atoms with van der Waals surface area (Å²) in [5, 5.41) is 3.48. The van der Waals surface area contributed by atoms with Crippen LogP contribution in [0.5, 0.6) is 5.75 Å². The number of nitrogens with zero attached hydrogens (tertiary/aromatic N) is 2. The smallest absolute Gasteiger partial charge is 0.405 e. The maximum absolute atomic E-state index is 12.2.